The Morgan fingerprint density at radius 2 is 1.86 bits per heavy atom. The standard InChI is InChI=1S/C10H8ClNOS/c11-7-1-3-8(4-2-7)12-9(13)5-6-10(12)14/h1-4H,5-6H2. The van der Waals surface area contributed by atoms with Gasteiger partial charge in [-0.3, -0.25) is 9.69 Å². The smallest absolute Gasteiger partial charge is 0.232 e. The van der Waals surface area contributed by atoms with Crippen molar-refractivity contribution in [3.8, 4) is 0 Å². The molecule has 1 amide bonds. The Hall–Kier alpha value is -0.930. The molecule has 0 spiro atoms. The molecule has 1 aromatic rings. The molecular formula is C10H8ClNOS. The largest absolute Gasteiger partial charge is 0.275 e. The first-order chi connectivity index (χ1) is 6.68. The number of rotatable bonds is 1. The van der Waals surface area contributed by atoms with E-state index in [4.69, 9.17) is 23.8 Å². The minimum absolute atomic E-state index is 0.0670. The van der Waals surface area contributed by atoms with Gasteiger partial charge >= 0.3 is 0 Å². The maximum absolute atomic E-state index is 11.5. The number of carbonyl (C=O) groups excluding carboxylic acids is 1. The zero-order chi connectivity index (χ0) is 10.1. The fourth-order valence-corrected chi connectivity index (χ4v) is 1.89. The highest BCUT2D eigenvalue weighted by Gasteiger charge is 2.26. The molecule has 2 rings (SSSR count). The maximum atomic E-state index is 11.5. The van der Waals surface area contributed by atoms with E-state index in [-0.39, 0.29) is 5.91 Å². The van der Waals surface area contributed by atoms with Crippen molar-refractivity contribution >= 4 is 40.4 Å². The molecule has 2 nitrogen and oxygen atoms in total. The fraction of sp³-hybridized carbons (Fsp3) is 0.200. The van der Waals surface area contributed by atoms with Crippen LogP contribution in [0.4, 0.5) is 5.69 Å². The summed E-state index contributed by atoms with van der Waals surface area (Å²) >= 11 is 10.9. The highest BCUT2D eigenvalue weighted by atomic mass is 35.5. The number of benzene rings is 1. The summed E-state index contributed by atoms with van der Waals surface area (Å²) in [6.07, 6.45) is 1.19. The predicted octanol–water partition coefficient (Wildman–Crippen LogP) is 2.79. The first-order valence-corrected chi connectivity index (χ1v) is 5.08. The van der Waals surface area contributed by atoms with Crippen LogP contribution in [0, 0.1) is 0 Å². The lowest BCUT2D eigenvalue weighted by atomic mass is 10.3. The molecule has 0 aliphatic carbocycles. The van der Waals surface area contributed by atoms with Gasteiger partial charge in [-0.2, -0.15) is 0 Å². The third-order valence-corrected chi connectivity index (χ3v) is 2.78. The van der Waals surface area contributed by atoms with Gasteiger partial charge in [-0.15, -0.1) is 0 Å². The zero-order valence-electron chi connectivity index (χ0n) is 7.37. The second kappa shape index (κ2) is 3.67. The van der Waals surface area contributed by atoms with Crippen LogP contribution in [0.5, 0.6) is 0 Å². The number of carbonyl (C=O) groups is 1. The van der Waals surface area contributed by atoms with Crippen molar-refractivity contribution in [2.24, 2.45) is 0 Å². The molecule has 1 aromatic carbocycles. The molecule has 1 heterocycles. The lowest BCUT2D eigenvalue weighted by Gasteiger charge is -2.15. The Morgan fingerprint density at radius 1 is 1.21 bits per heavy atom. The molecular weight excluding hydrogens is 218 g/mol. The minimum atomic E-state index is 0.0670. The van der Waals surface area contributed by atoms with Crippen molar-refractivity contribution < 1.29 is 4.79 Å². The van der Waals surface area contributed by atoms with Gasteiger partial charge in [0.2, 0.25) is 5.91 Å². The van der Waals surface area contributed by atoms with Crippen LogP contribution in [0.3, 0.4) is 0 Å². The molecule has 0 bridgehead atoms. The van der Waals surface area contributed by atoms with Crippen LogP contribution in [0.15, 0.2) is 24.3 Å². The Kier molecular flexibility index (Phi) is 2.52. The summed E-state index contributed by atoms with van der Waals surface area (Å²) in [5.41, 5.74) is 0.807. The zero-order valence-corrected chi connectivity index (χ0v) is 8.94. The SMILES string of the molecule is O=C1CCC(=S)N1c1ccc(Cl)cc1. The highest BCUT2D eigenvalue weighted by molar-refractivity contribution is 7.80. The molecule has 1 aliphatic heterocycles. The number of amides is 1. The van der Waals surface area contributed by atoms with Gasteiger partial charge in [0.15, 0.2) is 0 Å². The van der Waals surface area contributed by atoms with Crippen LogP contribution in [0.1, 0.15) is 12.8 Å². The van der Waals surface area contributed by atoms with Gasteiger partial charge in [-0.1, -0.05) is 23.8 Å². The Balaban J connectivity index is 2.34. The van der Waals surface area contributed by atoms with Crippen LogP contribution in [-0.4, -0.2) is 10.9 Å². The molecule has 1 fully saturated rings. The van der Waals surface area contributed by atoms with Crippen molar-refractivity contribution in [2.75, 3.05) is 4.90 Å². The molecule has 4 heteroatoms. The van der Waals surface area contributed by atoms with E-state index in [9.17, 15) is 4.79 Å². The van der Waals surface area contributed by atoms with E-state index in [1.807, 2.05) is 0 Å². The van der Waals surface area contributed by atoms with Crippen LogP contribution < -0.4 is 4.90 Å². The molecule has 72 valence electrons. The predicted molar refractivity (Wildman–Crippen MR) is 60.8 cm³/mol. The second-order valence-electron chi connectivity index (χ2n) is 3.10. The van der Waals surface area contributed by atoms with Crippen molar-refractivity contribution in [2.45, 2.75) is 12.8 Å². The summed E-state index contributed by atoms with van der Waals surface area (Å²) in [6.45, 7) is 0. The number of hydrogen-bond donors (Lipinski definition) is 0. The number of thiocarbonyl (C=S) groups is 1. The third kappa shape index (κ3) is 1.65. The molecule has 1 aliphatic rings. The Labute approximate surface area is 92.5 Å². The van der Waals surface area contributed by atoms with Crippen molar-refractivity contribution in [3.05, 3.63) is 29.3 Å². The molecule has 14 heavy (non-hydrogen) atoms. The molecule has 0 N–H and O–H groups in total. The topological polar surface area (TPSA) is 20.3 Å². The second-order valence-corrected chi connectivity index (χ2v) is 4.01. The van der Waals surface area contributed by atoms with Crippen LogP contribution in [0.2, 0.25) is 5.02 Å². The summed E-state index contributed by atoms with van der Waals surface area (Å²) in [6, 6.07) is 7.12. The van der Waals surface area contributed by atoms with Gasteiger partial charge in [-0.25, -0.2) is 0 Å². The highest BCUT2D eigenvalue weighted by Crippen LogP contribution is 2.24. The lowest BCUT2D eigenvalue weighted by molar-refractivity contribution is -0.116. The Bertz CT molecular complexity index is 372. The molecule has 0 aromatic heterocycles. The molecule has 0 saturated carbocycles. The fourth-order valence-electron chi connectivity index (χ4n) is 1.45. The number of anilines is 1. The first kappa shape index (κ1) is 9.62. The van der Waals surface area contributed by atoms with Crippen molar-refractivity contribution in [1.29, 1.82) is 0 Å². The molecule has 0 unspecified atom stereocenters. The number of hydrogen-bond acceptors (Lipinski definition) is 2. The summed E-state index contributed by atoms with van der Waals surface area (Å²) in [5.74, 6) is 0.0670. The van der Waals surface area contributed by atoms with Crippen LogP contribution >= 0.6 is 23.8 Å². The molecule has 1 saturated heterocycles. The van der Waals surface area contributed by atoms with E-state index in [0.717, 1.165) is 5.69 Å². The Morgan fingerprint density at radius 3 is 2.36 bits per heavy atom. The van der Waals surface area contributed by atoms with Gasteiger partial charge in [0.25, 0.3) is 0 Å². The summed E-state index contributed by atoms with van der Waals surface area (Å²) in [4.78, 5) is 13.7. The molecule has 0 radical (unpaired) electrons. The van der Waals surface area contributed by atoms with Gasteiger partial charge in [-0.05, 0) is 24.3 Å². The monoisotopic (exact) mass is 225 g/mol. The minimum Gasteiger partial charge on any atom is -0.275 e. The van der Waals surface area contributed by atoms with Gasteiger partial charge < -0.3 is 0 Å². The van der Waals surface area contributed by atoms with E-state index < -0.39 is 0 Å². The summed E-state index contributed by atoms with van der Waals surface area (Å²) in [5, 5.41) is 0.659. The quantitative estimate of drug-likeness (QED) is 0.685. The van der Waals surface area contributed by atoms with Gasteiger partial charge in [0, 0.05) is 23.6 Å². The van der Waals surface area contributed by atoms with Crippen LogP contribution in [0.25, 0.3) is 0 Å². The maximum Gasteiger partial charge on any atom is 0.232 e. The van der Waals surface area contributed by atoms with E-state index in [1.165, 1.54) is 0 Å². The van der Waals surface area contributed by atoms with E-state index in [1.54, 1.807) is 29.2 Å². The first-order valence-electron chi connectivity index (χ1n) is 4.30. The van der Waals surface area contributed by atoms with E-state index in [2.05, 4.69) is 0 Å². The normalized spacial score (nSPS) is 16.5. The third-order valence-electron chi connectivity index (χ3n) is 2.14. The summed E-state index contributed by atoms with van der Waals surface area (Å²) in [7, 11) is 0. The van der Waals surface area contributed by atoms with E-state index in [0.29, 0.717) is 22.9 Å². The van der Waals surface area contributed by atoms with Gasteiger partial charge in [0.05, 0.1) is 4.99 Å². The lowest BCUT2D eigenvalue weighted by Crippen LogP contribution is -2.27. The number of halogens is 1. The average molecular weight is 226 g/mol. The van der Waals surface area contributed by atoms with E-state index >= 15 is 0 Å². The molecule has 0 atom stereocenters. The average Bonchev–Trinajstić information content (AvgIpc) is 2.49. The van der Waals surface area contributed by atoms with Gasteiger partial charge in [0.1, 0.15) is 0 Å². The summed E-state index contributed by atoms with van der Waals surface area (Å²) < 4.78 is 0. The number of nitrogens with zero attached hydrogens (tertiary/aromatic N) is 1. The van der Waals surface area contributed by atoms with Crippen molar-refractivity contribution in [1.82, 2.24) is 0 Å². The van der Waals surface area contributed by atoms with Crippen molar-refractivity contribution in [3.63, 3.8) is 0 Å². The van der Waals surface area contributed by atoms with Crippen LogP contribution in [-0.2, 0) is 4.79 Å².